The minimum atomic E-state index is -4.32. The molecular formula is C25H24Cl2F2N2O5S2. The summed E-state index contributed by atoms with van der Waals surface area (Å²) in [5.74, 6) is -0.564. The third kappa shape index (κ3) is 7.22. The van der Waals surface area contributed by atoms with Gasteiger partial charge in [-0.2, -0.15) is 11.8 Å². The van der Waals surface area contributed by atoms with Gasteiger partial charge in [0, 0.05) is 34.7 Å². The Labute approximate surface area is 234 Å². The lowest BCUT2D eigenvalue weighted by Crippen LogP contribution is -2.41. The summed E-state index contributed by atoms with van der Waals surface area (Å²) in [6.45, 7) is -0.424. The molecule has 0 spiro atoms. The van der Waals surface area contributed by atoms with Gasteiger partial charge in [0.2, 0.25) is 5.91 Å². The number of anilines is 1. The number of nitrogens with zero attached hydrogens (tertiary/aromatic N) is 1. The van der Waals surface area contributed by atoms with Gasteiger partial charge in [-0.05, 0) is 42.5 Å². The van der Waals surface area contributed by atoms with E-state index in [0.717, 1.165) is 16.4 Å². The zero-order valence-corrected chi connectivity index (χ0v) is 23.5. The number of ether oxygens (including phenoxy) is 2. The van der Waals surface area contributed by atoms with Crippen molar-refractivity contribution in [1.82, 2.24) is 5.32 Å². The second kappa shape index (κ2) is 13.4. The fourth-order valence-corrected chi connectivity index (χ4v) is 6.15. The van der Waals surface area contributed by atoms with Gasteiger partial charge in [0.15, 0.2) is 11.5 Å². The number of rotatable bonds is 12. The average Bonchev–Trinajstić information content (AvgIpc) is 2.89. The smallest absolute Gasteiger partial charge is 0.264 e. The number of amides is 1. The van der Waals surface area contributed by atoms with Crippen molar-refractivity contribution in [3.63, 3.8) is 0 Å². The van der Waals surface area contributed by atoms with E-state index >= 15 is 0 Å². The molecule has 0 atom stereocenters. The minimum absolute atomic E-state index is 0.00935. The van der Waals surface area contributed by atoms with Crippen molar-refractivity contribution in [2.24, 2.45) is 0 Å². The number of carbonyl (C=O) groups excluding carboxylic acids is 1. The molecule has 13 heteroatoms. The molecule has 0 aromatic heterocycles. The molecule has 0 radical (unpaired) electrons. The Morgan fingerprint density at radius 3 is 2.37 bits per heavy atom. The molecular weight excluding hydrogens is 581 g/mol. The molecule has 3 aromatic rings. The number of carbonyl (C=O) groups is 1. The van der Waals surface area contributed by atoms with Gasteiger partial charge in [0.1, 0.15) is 18.2 Å². The number of hydrogen-bond donors (Lipinski definition) is 1. The lowest BCUT2D eigenvalue weighted by molar-refractivity contribution is -0.119. The first kappa shape index (κ1) is 29.8. The summed E-state index contributed by atoms with van der Waals surface area (Å²) in [4.78, 5) is 12.6. The van der Waals surface area contributed by atoms with Crippen LogP contribution in [0.1, 0.15) is 5.56 Å². The van der Waals surface area contributed by atoms with Crippen LogP contribution in [-0.4, -0.2) is 47.4 Å². The fourth-order valence-electron chi connectivity index (χ4n) is 3.35. The molecule has 0 aliphatic rings. The number of sulfonamides is 1. The topological polar surface area (TPSA) is 84.9 Å². The van der Waals surface area contributed by atoms with Crippen molar-refractivity contribution in [1.29, 1.82) is 0 Å². The summed E-state index contributed by atoms with van der Waals surface area (Å²) in [5, 5.41) is 2.65. The molecule has 0 unspecified atom stereocenters. The zero-order chi connectivity index (χ0) is 27.9. The average molecular weight is 606 g/mol. The second-order valence-electron chi connectivity index (χ2n) is 7.73. The Kier molecular flexibility index (Phi) is 10.5. The molecule has 0 fully saturated rings. The van der Waals surface area contributed by atoms with Crippen LogP contribution >= 0.6 is 35.0 Å². The van der Waals surface area contributed by atoms with Gasteiger partial charge >= 0.3 is 0 Å². The Balaban J connectivity index is 1.75. The van der Waals surface area contributed by atoms with E-state index in [2.05, 4.69) is 5.32 Å². The number of thioether (sulfide) groups is 1. The summed E-state index contributed by atoms with van der Waals surface area (Å²) in [6.07, 6.45) is 0. The SMILES string of the molecule is COc1ccc(S(=O)(=O)N(CC(=O)NCCSCc2c(F)cccc2Cl)c2ccc(F)c(Cl)c2)cc1OC. The first-order chi connectivity index (χ1) is 18.1. The summed E-state index contributed by atoms with van der Waals surface area (Å²) in [7, 11) is -1.56. The third-order valence-corrected chi connectivity index (χ3v) is 8.70. The van der Waals surface area contributed by atoms with Crippen molar-refractivity contribution in [3.05, 3.63) is 81.8 Å². The maximum absolute atomic E-state index is 13.9. The van der Waals surface area contributed by atoms with Crippen LogP contribution in [0, 0.1) is 11.6 Å². The summed E-state index contributed by atoms with van der Waals surface area (Å²) in [5.41, 5.74) is 0.357. The molecule has 0 saturated carbocycles. The van der Waals surface area contributed by atoms with Gasteiger partial charge in [-0.25, -0.2) is 17.2 Å². The first-order valence-corrected chi connectivity index (χ1v) is 14.4. The molecule has 38 heavy (non-hydrogen) atoms. The highest BCUT2D eigenvalue weighted by molar-refractivity contribution is 7.98. The quantitative estimate of drug-likeness (QED) is 0.273. The highest BCUT2D eigenvalue weighted by atomic mass is 35.5. The van der Waals surface area contributed by atoms with E-state index in [4.69, 9.17) is 32.7 Å². The Morgan fingerprint density at radius 2 is 1.71 bits per heavy atom. The van der Waals surface area contributed by atoms with Crippen molar-refractivity contribution in [2.75, 3.05) is 37.4 Å². The highest BCUT2D eigenvalue weighted by Crippen LogP contribution is 2.33. The number of methoxy groups -OCH3 is 2. The van der Waals surface area contributed by atoms with Gasteiger partial charge in [-0.1, -0.05) is 29.3 Å². The lowest BCUT2D eigenvalue weighted by atomic mass is 10.2. The maximum atomic E-state index is 13.9. The normalized spacial score (nSPS) is 11.2. The van der Waals surface area contributed by atoms with E-state index in [1.807, 2.05) is 0 Å². The van der Waals surface area contributed by atoms with E-state index < -0.39 is 34.1 Å². The van der Waals surface area contributed by atoms with Crippen LogP contribution < -0.4 is 19.1 Å². The summed E-state index contributed by atoms with van der Waals surface area (Å²) >= 11 is 13.3. The van der Waals surface area contributed by atoms with Gasteiger partial charge in [0.05, 0.1) is 29.8 Å². The molecule has 0 heterocycles. The first-order valence-electron chi connectivity index (χ1n) is 11.1. The highest BCUT2D eigenvalue weighted by Gasteiger charge is 2.29. The fraction of sp³-hybridized carbons (Fsp3) is 0.240. The zero-order valence-electron chi connectivity index (χ0n) is 20.3. The number of hydrogen-bond acceptors (Lipinski definition) is 6. The molecule has 3 aromatic carbocycles. The van der Waals surface area contributed by atoms with Crippen LogP contribution in [-0.2, 0) is 20.6 Å². The van der Waals surface area contributed by atoms with Gasteiger partial charge in [-0.15, -0.1) is 0 Å². The molecule has 1 N–H and O–H groups in total. The molecule has 204 valence electrons. The Morgan fingerprint density at radius 1 is 0.974 bits per heavy atom. The van der Waals surface area contributed by atoms with E-state index in [9.17, 15) is 22.0 Å². The Hall–Kier alpha value is -2.73. The van der Waals surface area contributed by atoms with Crippen molar-refractivity contribution < 1.29 is 31.5 Å². The van der Waals surface area contributed by atoms with Gasteiger partial charge in [0.25, 0.3) is 10.0 Å². The van der Waals surface area contributed by atoms with Crippen molar-refractivity contribution in [2.45, 2.75) is 10.6 Å². The monoisotopic (exact) mass is 604 g/mol. The van der Waals surface area contributed by atoms with E-state index in [0.29, 0.717) is 27.8 Å². The third-order valence-electron chi connectivity index (χ3n) is 5.30. The number of benzene rings is 3. The number of halogens is 4. The van der Waals surface area contributed by atoms with Crippen LogP contribution in [0.5, 0.6) is 11.5 Å². The molecule has 0 bridgehead atoms. The molecule has 7 nitrogen and oxygen atoms in total. The van der Waals surface area contributed by atoms with Crippen LogP contribution in [0.4, 0.5) is 14.5 Å². The van der Waals surface area contributed by atoms with E-state index in [1.165, 1.54) is 62.4 Å². The molecule has 1 amide bonds. The number of nitrogens with one attached hydrogen (secondary N) is 1. The minimum Gasteiger partial charge on any atom is -0.493 e. The van der Waals surface area contributed by atoms with Crippen molar-refractivity contribution in [3.8, 4) is 11.5 Å². The summed E-state index contributed by atoms with van der Waals surface area (Å²) in [6, 6.07) is 11.7. The molecule has 3 rings (SSSR count). The predicted molar refractivity (Wildman–Crippen MR) is 146 cm³/mol. The molecule has 0 aliphatic heterocycles. The molecule has 0 saturated heterocycles. The van der Waals surface area contributed by atoms with Crippen LogP contribution in [0.25, 0.3) is 0 Å². The van der Waals surface area contributed by atoms with Crippen LogP contribution in [0.3, 0.4) is 0 Å². The lowest BCUT2D eigenvalue weighted by Gasteiger charge is -2.24. The van der Waals surface area contributed by atoms with Gasteiger partial charge in [-0.3, -0.25) is 9.10 Å². The van der Waals surface area contributed by atoms with E-state index in [-0.39, 0.29) is 27.9 Å². The van der Waals surface area contributed by atoms with Crippen molar-refractivity contribution >= 4 is 56.6 Å². The molecule has 0 aliphatic carbocycles. The summed E-state index contributed by atoms with van der Waals surface area (Å²) < 4.78 is 66.1. The maximum Gasteiger partial charge on any atom is 0.264 e. The predicted octanol–water partition coefficient (Wildman–Crippen LogP) is 5.53. The van der Waals surface area contributed by atoms with Crippen LogP contribution in [0.2, 0.25) is 10.0 Å². The van der Waals surface area contributed by atoms with E-state index in [1.54, 1.807) is 6.07 Å². The largest absolute Gasteiger partial charge is 0.493 e. The standard InChI is InChI=1S/C25H24Cl2F2N2O5S2/c1-35-23-9-7-17(13-24(23)36-2)38(33,34)31(16-6-8-22(29)20(27)12-16)14-25(32)30-10-11-37-15-18-19(26)4-3-5-21(18)28/h3-9,12-13H,10-11,14-15H2,1-2H3,(H,30,32). The Bertz CT molecular complexity index is 1390. The van der Waals surface area contributed by atoms with Gasteiger partial charge < -0.3 is 14.8 Å². The second-order valence-corrected chi connectivity index (χ2v) is 11.5. The van der Waals surface area contributed by atoms with Crippen LogP contribution in [0.15, 0.2) is 59.5 Å².